The van der Waals surface area contributed by atoms with Gasteiger partial charge in [-0.25, -0.2) is 0 Å². The van der Waals surface area contributed by atoms with Crippen molar-refractivity contribution in [3.05, 3.63) is 60.2 Å². The van der Waals surface area contributed by atoms with Crippen LogP contribution in [0.5, 0.6) is 5.75 Å². The average molecular weight is 374 g/mol. The van der Waals surface area contributed by atoms with Gasteiger partial charge in [-0.15, -0.1) is 0 Å². The first-order valence-electron chi connectivity index (χ1n) is 7.91. The van der Waals surface area contributed by atoms with E-state index >= 15 is 0 Å². The average Bonchev–Trinajstić information content (AvgIpc) is 2.66. The molecule has 0 aromatic heterocycles. The predicted molar refractivity (Wildman–Crippen MR) is 92.1 cm³/mol. The third-order valence-corrected chi connectivity index (χ3v) is 3.45. The topological polar surface area (TPSA) is 79.6 Å². The van der Waals surface area contributed by atoms with E-state index in [2.05, 4.69) is 4.74 Å². The van der Waals surface area contributed by atoms with Gasteiger partial charge in [0.25, 0.3) is 5.91 Å². The lowest BCUT2D eigenvalue weighted by atomic mass is 10.1. The second kappa shape index (κ2) is 9.87. The summed E-state index contributed by atoms with van der Waals surface area (Å²) in [5.74, 6) is -1.21. The number of para-hydroxylation sites is 1. The summed E-state index contributed by atoms with van der Waals surface area (Å²) in [6.07, 6.45) is -0.133. The molecule has 8 heteroatoms. The summed E-state index contributed by atoms with van der Waals surface area (Å²) in [5.41, 5.74) is 1.04. The van der Waals surface area contributed by atoms with Crippen LogP contribution in [0.15, 0.2) is 54.6 Å². The lowest BCUT2D eigenvalue weighted by Crippen LogP contribution is -2.35. The molecular formula is C19H16F2N2O4. The number of hydrogen-bond donors (Lipinski definition) is 0. The molecule has 0 aliphatic heterocycles. The first-order chi connectivity index (χ1) is 13.0. The number of rotatable bonds is 8. The number of benzene rings is 2. The molecule has 2 aromatic rings. The first-order valence-corrected chi connectivity index (χ1v) is 7.91. The number of hydrogen-bond acceptors (Lipinski definition) is 5. The maximum Gasteiger partial charge on any atom is 0.387 e. The Kier molecular flexibility index (Phi) is 7.26. The summed E-state index contributed by atoms with van der Waals surface area (Å²) in [4.78, 5) is 25.3. The quantitative estimate of drug-likeness (QED) is 0.524. The molecule has 0 aliphatic carbocycles. The fourth-order valence-corrected chi connectivity index (χ4v) is 2.23. The third-order valence-electron chi connectivity index (χ3n) is 3.45. The Labute approximate surface area is 154 Å². The van der Waals surface area contributed by atoms with E-state index in [-0.39, 0.29) is 18.7 Å². The molecule has 2 rings (SSSR count). The Morgan fingerprint density at radius 2 is 1.74 bits per heavy atom. The second-order valence-corrected chi connectivity index (χ2v) is 5.33. The molecule has 2 aromatic carbocycles. The number of alkyl halides is 2. The Bertz CT molecular complexity index is 805. The van der Waals surface area contributed by atoms with Crippen molar-refractivity contribution in [1.29, 1.82) is 5.26 Å². The van der Waals surface area contributed by atoms with E-state index in [0.29, 0.717) is 11.3 Å². The van der Waals surface area contributed by atoms with Gasteiger partial charge < -0.3 is 9.47 Å². The number of nitrogens with zero attached hydrogens (tertiary/aromatic N) is 2. The first kappa shape index (κ1) is 19.8. The maximum atomic E-state index is 12.2. The van der Waals surface area contributed by atoms with Crippen molar-refractivity contribution in [2.24, 2.45) is 0 Å². The highest BCUT2D eigenvalue weighted by Crippen LogP contribution is 2.16. The Morgan fingerprint density at radius 1 is 1.07 bits per heavy atom. The van der Waals surface area contributed by atoms with Crippen LogP contribution in [0.1, 0.15) is 5.56 Å². The molecule has 0 N–H and O–H groups in total. The molecule has 0 unspecified atom stereocenters. The van der Waals surface area contributed by atoms with Crippen LogP contribution in [-0.2, 0) is 20.7 Å². The standard InChI is InChI=1S/C19H16F2N2O4/c20-19(21)27-16-8-6-14(7-9-16)12-18(25)26-13-17(24)23(11-10-22)15-4-2-1-3-5-15/h1-9,19H,11-13H2. The molecule has 0 heterocycles. The van der Waals surface area contributed by atoms with Crippen molar-refractivity contribution in [1.82, 2.24) is 0 Å². The van der Waals surface area contributed by atoms with Crippen molar-refractivity contribution in [3.63, 3.8) is 0 Å². The van der Waals surface area contributed by atoms with E-state index in [0.717, 1.165) is 0 Å². The van der Waals surface area contributed by atoms with Crippen LogP contribution < -0.4 is 9.64 Å². The van der Waals surface area contributed by atoms with E-state index < -0.39 is 25.1 Å². The Hall–Kier alpha value is -3.47. The van der Waals surface area contributed by atoms with Crippen molar-refractivity contribution in [2.45, 2.75) is 13.0 Å². The minimum Gasteiger partial charge on any atom is -0.455 e. The van der Waals surface area contributed by atoms with Gasteiger partial charge in [-0.1, -0.05) is 30.3 Å². The molecule has 0 fully saturated rings. The van der Waals surface area contributed by atoms with Crippen LogP contribution in [0.3, 0.4) is 0 Å². The molecule has 6 nitrogen and oxygen atoms in total. The van der Waals surface area contributed by atoms with Crippen LogP contribution in [0, 0.1) is 11.3 Å². The number of halogens is 2. The SMILES string of the molecule is N#CCN(C(=O)COC(=O)Cc1ccc(OC(F)F)cc1)c1ccccc1. The van der Waals surface area contributed by atoms with E-state index in [1.54, 1.807) is 30.3 Å². The molecule has 0 radical (unpaired) electrons. The second-order valence-electron chi connectivity index (χ2n) is 5.33. The number of ether oxygens (including phenoxy) is 2. The van der Waals surface area contributed by atoms with Crippen molar-refractivity contribution in [2.75, 3.05) is 18.1 Å². The van der Waals surface area contributed by atoms with Crippen molar-refractivity contribution in [3.8, 4) is 11.8 Å². The number of esters is 1. The minimum absolute atomic E-state index is 0.0210. The zero-order valence-corrected chi connectivity index (χ0v) is 14.2. The molecule has 27 heavy (non-hydrogen) atoms. The summed E-state index contributed by atoms with van der Waals surface area (Å²) in [7, 11) is 0. The monoisotopic (exact) mass is 374 g/mol. The third kappa shape index (κ3) is 6.40. The van der Waals surface area contributed by atoms with E-state index in [4.69, 9.17) is 10.00 Å². The summed E-state index contributed by atoms with van der Waals surface area (Å²) < 4.78 is 33.4. The fraction of sp³-hybridized carbons (Fsp3) is 0.211. The van der Waals surface area contributed by atoms with Crippen LogP contribution in [-0.4, -0.2) is 31.6 Å². The molecule has 0 saturated heterocycles. The summed E-state index contributed by atoms with van der Waals surface area (Å²) >= 11 is 0. The fourth-order valence-electron chi connectivity index (χ4n) is 2.23. The van der Waals surface area contributed by atoms with Gasteiger partial charge in [0.15, 0.2) is 6.61 Å². The highest BCUT2D eigenvalue weighted by Gasteiger charge is 2.17. The molecular weight excluding hydrogens is 358 g/mol. The zero-order valence-electron chi connectivity index (χ0n) is 14.2. The molecule has 140 valence electrons. The lowest BCUT2D eigenvalue weighted by Gasteiger charge is -2.19. The van der Waals surface area contributed by atoms with E-state index in [1.165, 1.54) is 29.2 Å². The summed E-state index contributed by atoms with van der Waals surface area (Å²) in [6, 6.07) is 16.0. The summed E-state index contributed by atoms with van der Waals surface area (Å²) in [5, 5.41) is 8.89. The van der Waals surface area contributed by atoms with Crippen LogP contribution in [0.2, 0.25) is 0 Å². The van der Waals surface area contributed by atoms with Gasteiger partial charge in [-0.2, -0.15) is 14.0 Å². The van der Waals surface area contributed by atoms with Crippen LogP contribution >= 0.6 is 0 Å². The number of carbonyl (C=O) groups is 2. The molecule has 0 spiro atoms. The van der Waals surface area contributed by atoms with Gasteiger partial charge in [0.05, 0.1) is 12.5 Å². The summed E-state index contributed by atoms with van der Waals surface area (Å²) in [6.45, 7) is -3.61. The number of nitriles is 1. The highest BCUT2D eigenvalue weighted by molar-refractivity contribution is 5.95. The molecule has 0 atom stereocenters. The van der Waals surface area contributed by atoms with Gasteiger partial charge in [-0.3, -0.25) is 14.5 Å². The lowest BCUT2D eigenvalue weighted by molar-refractivity contribution is -0.147. The predicted octanol–water partition coefficient (Wildman–Crippen LogP) is 2.93. The smallest absolute Gasteiger partial charge is 0.387 e. The van der Waals surface area contributed by atoms with Gasteiger partial charge >= 0.3 is 12.6 Å². The molecule has 0 saturated carbocycles. The van der Waals surface area contributed by atoms with Crippen molar-refractivity contribution >= 4 is 17.6 Å². The molecule has 0 bridgehead atoms. The van der Waals surface area contributed by atoms with Gasteiger partial charge in [0.2, 0.25) is 0 Å². The Balaban J connectivity index is 1.88. The van der Waals surface area contributed by atoms with Gasteiger partial charge in [0, 0.05) is 5.69 Å². The van der Waals surface area contributed by atoms with Crippen LogP contribution in [0.25, 0.3) is 0 Å². The maximum absolute atomic E-state index is 12.2. The number of carbonyl (C=O) groups excluding carboxylic acids is 2. The largest absolute Gasteiger partial charge is 0.455 e. The van der Waals surface area contributed by atoms with Crippen molar-refractivity contribution < 1.29 is 27.8 Å². The van der Waals surface area contributed by atoms with Gasteiger partial charge in [-0.05, 0) is 29.8 Å². The normalized spacial score (nSPS) is 10.1. The van der Waals surface area contributed by atoms with Crippen LogP contribution in [0.4, 0.5) is 14.5 Å². The molecule has 1 amide bonds. The molecule has 0 aliphatic rings. The minimum atomic E-state index is -2.92. The van der Waals surface area contributed by atoms with E-state index in [1.807, 2.05) is 6.07 Å². The highest BCUT2D eigenvalue weighted by atomic mass is 19.3. The van der Waals surface area contributed by atoms with Gasteiger partial charge in [0.1, 0.15) is 12.3 Å². The number of anilines is 1. The Morgan fingerprint density at radius 3 is 2.33 bits per heavy atom. The van der Waals surface area contributed by atoms with E-state index in [9.17, 15) is 18.4 Å². The number of amides is 1. The zero-order chi connectivity index (χ0) is 19.6.